The number of benzene rings is 1. The Hall–Kier alpha value is -2.23. The van der Waals surface area contributed by atoms with Gasteiger partial charge in [-0.25, -0.2) is 17.8 Å². The minimum Gasteiger partial charge on any atom is -0.306 e. The molecule has 1 aromatic carbocycles. The molecule has 0 unspecified atom stereocenters. The van der Waals surface area contributed by atoms with Crippen LogP contribution in [0.4, 0.5) is 16.0 Å². The fraction of sp³-hybridized carbons (Fsp3) is 0.455. The molecular weight excluding hydrogens is 455 g/mol. The lowest BCUT2D eigenvalue weighted by Gasteiger charge is -2.37. The third-order valence-electron chi connectivity index (χ3n) is 5.77. The molecule has 1 N–H and O–H groups in total. The van der Waals surface area contributed by atoms with E-state index < -0.39 is 21.7 Å². The molecule has 0 bridgehead atoms. The fourth-order valence-corrected chi connectivity index (χ4v) is 5.23. The van der Waals surface area contributed by atoms with E-state index in [2.05, 4.69) is 15.2 Å². The molecule has 2 aliphatic rings. The molecule has 0 atom stereocenters. The summed E-state index contributed by atoms with van der Waals surface area (Å²) in [5.74, 6) is 0.477. The van der Waals surface area contributed by atoms with Gasteiger partial charge in [0.2, 0.25) is 10.0 Å². The van der Waals surface area contributed by atoms with Crippen molar-refractivity contribution < 1.29 is 17.6 Å². The number of anilines is 2. The first-order valence-corrected chi connectivity index (χ1v) is 12.4. The Labute approximate surface area is 194 Å². The van der Waals surface area contributed by atoms with Crippen molar-refractivity contribution in [3.63, 3.8) is 0 Å². The quantitative estimate of drug-likeness (QED) is 0.652. The summed E-state index contributed by atoms with van der Waals surface area (Å²) in [5.41, 5.74) is 0.289. The molecule has 7 nitrogen and oxygen atoms in total. The Morgan fingerprint density at radius 1 is 1.12 bits per heavy atom. The van der Waals surface area contributed by atoms with E-state index in [1.54, 1.807) is 18.2 Å². The van der Waals surface area contributed by atoms with Crippen molar-refractivity contribution in [2.45, 2.75) is 31.7 Å². The van der Waals surface area contributed by atoms with Crippen LogP contribution in [0.2, 0.25) is 0 Å². The van der Waals surface area contributed by atoms with Crippen LogP contribution in [0, 0.1) is 11.7 Å². The molecule has 2 heterocycles. The first-order valence-electron chi connectivity index (χ1n) is 10.6. The Kier molecular flexibility index (Phi) is 7.74. The van der Waals surface area contributed by atoms with Crippen LogP contribution in [0.3, 0.4) is 0 Å². The van der Waals surface area contributed by atoms with Crippen molar-refractivity contribution >= 4 is 40.0 Å². The van der Waals surface area contributed by atoms with Gasteiger partial charge >= 0.3 is 0 Å². The third-order valence-corrected chi connectivity index (χ3v) is 6.97. The molecule has 1 aromatic heterocycles. The number of rotatable bonds is 7. The van der Waals surface area contributed by atoms with Crippen LogP contribution in [0.5, 0.6) is 0 Å². The maximum Gasteiger partial charge on any atom is 0.256 e. The van der Waals surface area contributed by atoms with E-state index in [1.807, 2.05) is 0 Å². The molecule has 0 spiro atoms. The summed E-state index contributed by atoms with van der Waals surface area (Å²) in [7, 11) is -3.55. The highest BCUT2D eigenvalue weighted by molar-refractivity contribution is 7.92. The smallest absolute Gasteiger partial charge is 0.256 e. The van der Waals surface area contributed by atoms with Crippen LogP contribution in [0.1, 0.15) is 36.0 Å². The zero-order valence-corrected chi connectivity index (χ0v) is 19.5. The van der Waals surface area contributed by atoms with Crippen molar-refractivity contribution in [2.24, 2.45) is 5.92 Å². The normalized spacial score (nSPS) is 17.4. The van der Waals surface area contributed by atoms with Gasteiger partial charge in [-0.3, -0.25) is 9.10 Å². The van der Waals surface area contributed by atoms with E-state index in [1.165, 1.54) is 47.7 Å². The molecule has 2 fully saturated rings. The zero-order valence-electron chi connectivity index (χ0n) is 17.9. The van der Waals surface area contributed by atoms with Crippen molar-refractivity contribution in [1.82, 2.24) is 9.88 Å². The number of carbonyl (C=O) groups excluding carboxylic acids is 1. The molecule has 1 aliphatic carbocycles. The first-order chi connectivity index (χ1) is 14.8. The van der Waals surface area contributed by atoms with Crippen LogP contribution in [0.25, 0.3) is 0 Å². The molecule has 174 valence electrons. The average Bonchev–Trinajstić information content (AvgIpc) is 3.53. The van der Waals surface area contributed by atoms with E-state index in [-0.39, 0.29) is 29.8 Å². The number of hydrogen-bond donors (Lipinski definition) is 1. The number of carbonyl (C=O) groups is 1. The van der Waals surface area contributed by atoms with Crippen molar-refractivity contribution in [1.29, 1.82) is 0 Å². The molecule has 4 rings (SSSR count). The largest absolute Gasteiger partial charge is 0.306 e. The van der Waals surface area contributed by atoms with Gasteiger partial charge in [0.05, 0.1) is 6.26 Å². The van der Waals surface area contributed by atoms with Crippen LogP contribution < -0.4 is 9.62 Å². The SMILES string of the molecule is CS(=O)(=O)N(c1cccc(NC(=O)c2ccc(F)cc2)n1)C1CCN(CC2CC2)CC1.Cl. The van der Waals surface area contributed by atoms with E-state index in [4.69, 9.17) is 0 Å². The molecule has 10 heteroatoms. The number of pyridine rings is 1. The maximum atomic E-state index is 13.1. The number of aromatic nitrogens is 1. The number of nitrogens with one attached hydrogen (secondary N) is 1. The minimum absolute atomic E-state index is 0. The Morgan fingerprint density at radius 3 is 2.38 bits per heavy atom. The standard InChI is InChI=1S/C22H27FN4O3S.ClH/c1-31(29,30)27(19-11-13-26(14-12-19)15-16-5-6-16)21-4-2-3-20(24-21)25-22(28)17-7-9-18(23)10-8-17;/h2-4,7-10,16,19H,5-6,11-15H2,1H3,(H,24,25,28);1H. The van der Waals surface area contributed by atoms with Gasteiger partial charge in [0.15, 0.2) is 0 Å². The number of nitrogens with zero attached hydrogens (tertiary/aromatic N) is 3. The fourth-order valence-electron chi connectivity index (χ4n) is 4.04. The highest BCUT2D eigenvalue weighted by atomic mass is 35.5. The van der Waals surface area contributed by atoms with Gasteiger partial charge in [0.1, 0.15) is 17.5 Å². The van der Waals surface area contributed by atoms with Crippen molar-refractivity contribution in [2.75, 3.05) is 35.5 Å². The first kappa shape index (κ1) is 24.4. The third kappa shape index (κ3) is 6.17. The van der Waals surface area contributed by atoms with E-state index in [9.17, 15) is 17.6 Å². The molecule has 2 aromatic rings. The van der Waals surface area contributed by atoms with Gasteiger partial charge in [-0.15, -0.1) is 12.4 Å². The second kappa shape index (κ2) is 10.1. The second-order valence-corrected chi connectivity index (χ2v) is 10.2. The van der Waals surface area contributed by atoms with Gasteiger partial charge in [-0.1, -0.05) is 6.07 Å². The highest BCUT2D eigenvalue weighted by Crippen LogP contribution is 2.32. The summed E-state index contributed by atoms with van der Waals surface area (Å²) in [4.78, 5) is 19.2. The molecule has 1 aliphatic heterocycles. The monoisotopic (exact) mass is 482 g/mol. The summed E-state index contributed by atoms with van der Waals surface area (Å²) in [5, 5.41) is 2.66. The van der Waals surface area contributed by atoms with Crippen LogP contribution in [-0.4, -0.2) is 56.1 Å². The van der Waals surface area contributed by atoms with Crippen molar-refractivity contribution in [3.8, 4) is 0 Å². The Bertz CT molecular complexity index is 1040. The summed E-state index contributed by atoms with van der Waals surface area (Å²) in [6, 6.07) is 9.93. The predicted molar refractivity (Wildman–Crippen MR) is 125 cm³/mol. The minimum atomic E-state index is -3.55. The summed E-state index contributed by atoms with van der Waals surface area (Å²) >= 11 is 0. The molecule has 1 saturated heterocycles. The summed E-state index contributed by atoms with van der Waals surface area (Å²) in [6.07, 6.45) is 5.28. The van der Waals surface area contributed by atoms with E-state index in [0.29, 0.717) is 5.82 Å². The number of sulfonamides is 1. The van der Waals surface area contributed by atoms with Crippen molar-refractivity contribution in [3.05, 3.63) is 53.8 Å². The van der Waals surface area contributed by atoms with E-state index in [0.717, 1.165) is 38.4 Å². The lowest BCUT2D eigenvalue weighted by atomic mass is 10.0. The lowest BCUT2D eigenvalue weighted by molar-refractivity contribution is 0.102. The molecule has 1 amide bonds. The van der Waals surface area contributed by atoms with Crippen LogP contribution in [-0.2, 0) is 10.0 Å². The molecular formula is C22H28ClFN4O3S. The Balaban J connectivity index is 0.00000289. The predicted octanol–water partition coefficient (Wildman–Crippen LogP) is 3.54. The lowest BCUT2D eigenvalue weighted by Crippen LogP contribution is -2.48. The average molecular weight is 483 g/mol. The number of amides is 1. The zero-order chi connectivity index (χ0) is 22.0. The molecule has 32 heavy (non-hydrogen) atoms. The summed E-state index contributed by atoms with van der Waals surface area (Å²) < 4.78 is 39.7. The Morgan fingerprint density at radius 2 is 1.78 bits per heavy atom. The van der Waals surface area contributed by atoms with Gasteiger partial charge in [0, 0.05) is 31.2 Å². The molecule has 1 saturated carbocycles. The second-order valence-electron chi connectivity index (χ2n) is 8.38. The number of piperidine rings is 1. The van der Waals surface area contributed by atoms with Crippen LogP contribution in [0.15, 0.2) is 42.5 Å². The number of halogens is 2. The topological polar surface area (TPSA) is 82.6 Å². The van der Waals surface area contributed by atoms with E-state index >= 15 is 0 Å². The number of hydrogen-bond acceptors (Lipinski definition) is 5. The van der Waals surface area contributed by atoms with Gasteiger partial charge < -0.3 is 10.2 Å². The summed E-state index contributed by atoms with van der Waals surface area (Å²) in [6.45, 7) is 2.84. The van der Waals surface area contributed by atoms with Gasteiger partial charge in [0.25, 0.3) is 5.91 Å². The highest BCUT2D eigenvalue weighted by Gasteiger charge is 2.33. The van der Waals surface area contributed by atoms with Gasteiger partial charge in [-0.2, -0.15) is 0 Å². The van der Waals surface area contributed by atoms with Gasteiger partial charge in [-0.05, 0) is 68.0 Å². The maximum absolute atomic E-state index is 13.1. The number of likely N-dealkylation sites (tertiary alicyclic amines) is 1. The molecule has 0 radical (unpaired) electrons. The van der Waals surface area contributed by atoms with Crippen LogP contribution >= 0.6 is 12.4 Å².